The Hall–Kier alpha value is -0.880. The van der Waals surface area contributed by atoms with Gasteiger partial charge in [-0.1, -0.05) is 30.3 Å². The summed E-state index contributed by atoms with van der Waals surface area (Å²) in [5, 5.41) is 6.16. The van der Waals surface area contributed by atoms with Crippen LogP contribution in [0.15, 0.2) is 35.3 Å². The highest BCUT2D eigenvalue weighted by Gasteiger charge is 2.12. The number of nitrogens with zero attached hydrogens (tertiary/aromatic N) is 1. The zero-order valence-corrected chi connectivity index (χ0v) is 20.0. The molecular formula is C17H30IN3O4S2. The van der Waals surface area contributed by atoms with Gasteiger partial charge in [-0.15, -0.1) is 24.0 Å². The normalized spacial score (nSPS) is 13.5. The van der Waals surface area contributed by atoms with Crippen molar-refractivity contribution in [3.8, 4) is 0 Å². The Balaban J connectivity index is 0.00000676. The van der Waals surface area contributed by atoms with E-state index < -0.39 is 19.7 Å². The summed E-state index contributed by atoms with van der Waals surface area (Å²) in [5.41, 5.74) is 0.789. The van der Waals surface area contributed by atoms with E-state index in [-0.39, 0.29) is 47.3 Å². The van der Waals surface area contributed by atoms with Gasteiger partial charge in [-0.25, -0.2) is 16.8 Å². The number of hydrogen-bond acceptors (Lipinski definition) is 5. The summed E-state index contributed by atoms with van der Waals surface area (Å²) in [5.74, 6) is 0.779. The van der Waals surface area contributed by atoms with Crippen molar-refractivity contribution in [1.29, 1.82) is 0 Å². The maximum atomic E-state index is 12.1. The monoisotopic (exact) mass is 531 g/mol. The van der Waals surface area contributed by atoms with E-state index in [1.54, 1.807) is 19.2 Å². The first-order valence-corrected chi connectivity index (χ1v) is 12.4. The lowest BCUT2D eigenvalue weighted by Gasteiger charge is -2.17. The molecule has 1 aromatic rings. The lowest BCUT2D eigenvalue weighted by atomic mass is 10.2. The highest BCUT2D eigenvalue weighted by atomic mass is 127. The second kappa shape index (κ2) is 12.6. The number of nitrogens with one attached hydrogen (secondary N) is 2. The second-order valence-electron chi connectivity index (χ2n) is 6.39. The van der Waals surface area contributed by atoms with Crippen LogP contribution >= 0.6 is 24.0 Å². The molecule has 0 saturated carbocycles. The van der Waals surface area contributed by atoms with Crippen LogP contribution in [0.5, 0.6) is 0 Å². The van der Waals surface area contributed by atoms with E-state index in [1.165, 1.54) is 6.26 Å². The van der Waals surface area contributed by atoms with E-state index in [0.717, 1.165) is 5.56 Å². The van der Waals surface area contributed by atoms with Gasteiger partial charge in [0.2, 0.25) is 0 Å². The van der Waals surface area contributed by atoms with Crippen molar-refractivity contribution >= 4 is 49.6 Å². The van der Waals surface area contributed by atoms with E-state index in [0.29, 0.717) is 25.3 Å². The summed E-state index contributed by atoms with van der Waals surface area (Å²) in [7, 11) is -4.53. The van der Waals surface area contributed by atoms with Crippen LogP contribution in [0.2, 0.25) is 0 Å². The third-order valence-electron chi connectivity index (χ3n) is 3.68. The van der Waals surface area contributed by atoms with Gasteiger partial charge < -0.3 is 10.6 Å². The zero-order chi connectivity index (χ0) is 19.6. The van der Waals surface area contributed by atoms with Gasteiger partial charge in [-0.2, -0.15) is 0 Å². The van der Waals surface area contributed by atoms with Crippen molar-refractivity contribution in [2.24, 2.45) is 4.99 Å². The first-order chi connectivity index (χ1) is 12.1. The molecule has 0 aliphatic heterocycles. The molecule has 0 aromatic heterocycles. The number of sulfone groups is 2. The molecule has 27 heavy (non-hydrogen) atoms. The molecule has 1 atom stereocenters. The molecule has 0 aliphatic rings. The van der Waals surface area contributed by atoms with Crippen molar-refractivity contribution in [1.82, 2.24) is 10.6 Å². The van der Waals surface area contributed by atoms with Crippen molar-refractivity contribution in [3.63, 3.8) is 0 Å². The van der Waals surface area contributed by atoms with Gasteiger partial charge in [0.15, 0.2) is 15.8 Å². The summed E-state index contributed by atoms with van der Waals surface area (Å²) < 4.78 is 46.7. The Morgan fingerprint density at radius 1 is 1.11 bits per heavy atom. The highest BCUT2D eigenvalue weighted by molar-refractivity contribution is 14.0. The molecule has 0 amide bonds. The van der Waals surface area contributed by atoms with E-state index in [2.05, 4.69) is 15.6 Å². The minimum atomic E-state index is -3.15. The van der Waals surface area contributed by atoms with E-state index in [4.69, 9.17) is 0 Å². The smallest absolute Gasteiger partial charge is 0.191 e. The SMILES string of the molecule is CN=C(NCCCS(=O)(=O)Cc1ccccc1)NC(C)CCS(C)(=O)=O.I. The average Bonchev–Trinajstić information content (AvgIpc) is 2.55. The standard InChI is InChI=1S/C17H29N3O4S2.HI/c1-15(10-13-25(3,21)22)20-17(18-2)19-11-7-12-26(23,24)14-16-8-5-4-6-9-16;/h4-6,8-9,15H,7,10-14H2,1-3H3,(H2,18,19,20);1H. The predicted molar refractivity (Wildman–Crippen MR) is 122 cm³/mol. The fourth-order valence-electron chi connectivity index (χ4n) is 2.29. The minimum Gasteiger partial charge on any atom is -0.356 e. The van der Waals surface area contributed by atoms with Crippen molar-refractivity contribution in [3.05, 3.63) is 35.9 Å². The number of hydrogen-bond donors (Lipinski definition) is 2. The lowest BCUT2D eigenvalue weighted by molar-refractivity contribution is 0.580. The molecular weight excluding hydrogens is 501 g/mol. The molecule has 1 aromatic carbocycles. The lowest BCUT2D eigenvalue weighted by Crippen LogP contribution is -2.43. The van der Waals surface area contributed by atoms with E-state index in [1.807, 2.05) is 25.1 Å². The zero-order valence-electron chi connectivity index (χ0n) is 16.0. The first kappa shape index (κ1) is 26.1. The average molecular weight is 531 g/mol. The molecule has 7 nitrogen and oxygen atoms in total. The van der Waals surface area contributed by atoms with Gasteiger partial charge in [0.05, 0.1) is 17.3 Å². The van der Waals surface area contributed by atoms with Gasteiger partial charge in [0, 0.05) is 25.9 Å². The highest BCUT2D eigenvalue weighted by Crippen LogP contribution is 2.06. The fourth-order valence-corrected chi connectivity index (χ4v) is 4.50. The molecule has 1 rings (SSSR count). The maximum absolute atomic E-state index is 12.1. The van der Waals surface area contributed by atoms with Crippen molar-refractivity contribution in [2.75, 3.05) is 31.4 Å². The summed E-state index contributed by atoms with van der Waals surface area (Å²) in [6.45, 7) is 2.34. The molecule has 10 heteroatoms. The van der Waals surface area contributed by atoms with E-state index in [9.17, 15) is 16.8 Å². The topological polar surface area (TPSA) is 105 Å². The third kappa shape index (κ3) is 13.0. The Morgan fingerprint density at radius 2 is 1.74 bits per heavy atom. The fraction of sp³-hybridized carbons (Fsp3) is 0.588. The largest absolute Gasteiger partial charge is 0.356 e. The summed E-state index contributed by atoms with van der Waals surface area (Å²) in [6, 6.07) is 9.06. The molecule has 0 radical (unpaired) electrons. The molecule has 0 saturated heterocycles. The Kier molecular flexibility index (Phi) is 12.1. The number of halogens is 1. The Labute approximate surface area is 180 Å². The van der Waals surface area contributed by atoms with Crippen molar-refractivity contribution in [2.45, 2.75) is 31.6 Å². The molecule has 1 unspecified atom stereocenters. The summed E-state index contributed by atoms with van der Waals surface area (Å²) >= 11 is 0. The molecule has 0 bridgehead atoms. The summed E-state index contributed by atoms with van der Waals surface area (Å²) in [4.78, 5) is 4.07. The molecule has 156 valence electrons. The van der Waals surface area contributed by atoms with Crippen LogP contribution in [-0.4, -0.2) is 60.2 Å². The molecule has 0 heterocycles. The quantitative estimate of drug-likeness (QED) is 0.206. The van der Waals surface area contributed by atoms with Crippen LogP contribution in [0.4, 0.5) is 0 Å². The Morgan fingerprint density at radius 3 is 2.30 bits per heavy atom. The van der Waals surface area contributed by atoms with Crippen LogP contribution < -0.4 is 10.6 Å². The van der Waals surface area contributed by atoms with Crippen LogP contribution in [0, 0.1) is 0 Å². The molecule has 0 spiro atoms. The minimum absolute atomic E-state index is 0. The van der Waals surface area contributed by atoms with Gasteiger partial charge in [-0.05, 0) is 25.3 Å². The van der Waals surface area contributed by atoms with Crippen molar-refractivity contribution < 1.29 is 16.8 Å². The number of benzene rings is 1. The third-order valence-corrected chi connectivity index (χ3v) is 6.34. The first-order valence-electron chi connectivity index (χ1n) is 8.50. The van der Waals surface area contributed by atoms with Gasteiger partial charge in [0.1, 0.15) is 9.84 Å². The number of guanidine groups is 1. The van der Waals surface area contributed by atoms with Crippen LogP contribution in [-0.2, 0) is 25.4 Å². The Bertz CT molecular complexity index is 782. The molecule has 2 N–H and O–H groups in total. The maximum Gasteiger partial charge on any atom is 0.191 e. The molecule has 0 fully saturated rings. The van der Waals surface area contributed by atoms with Crippen LogP contribution in [0.1, 0.15) is 25.3 Å². The summed E-state index contributed by atoms with van der Waals surface area (Å²) in [6.07, 6.45) is 2.15. The number of aliphatic imine (C=N–C) groups is 1. The van der Waals surface area contributed by atoms with Crippen LogP contribution in [0.3, 0.4) is 0 Å². The van der Waals surface area contributed by atoms with Gasteiger partial charge in [-0.3, -0.25) is 4.99 Å². The number of rotatable bonds is 10. The second-order valence-corrected chi connectivity index (χ2v) is 10.8. The molecule has 0 aliphatic carbocycles. The van der Waals surface area contributed by atoms with Crippen LogP contribution in [0.25, 0.3) is 0 Å². The van der Waals surface area contributed by atoms with Gasteiger partial charge in [0.25, 0.3) is 0 Å². The predicted octanol–water partition coefficient (Wildman–Crippen LogP) is 1.60. The van der Waals surface area contributed by atoms with Gasteiger partial charge >= 0.3 is 0 Å². The van der Waals surface area contributed by atoms with E-state index >= 15 is 0 Å².